The van der Waals surface area contributed by atoms with E-state index in [0.717, 1.165) is 17.7 Å². The molecule has 3 heteroatoms. The molecule has 0 radical (unpaired) electrons. The Morgan fingerprint density at radius 2 is 1.88 bits per heavy atom. The van der Waals surface area contributed by atoms with Crippen molar-refractivity contribution in [3.05, 3.63) is 59.3 Å². The van der Waals surface area contributed by atoms with Crippen LogP contribution in [0.4, 0.5) is 4.39 Å². The summed E-state index contributed by atoms with van der Waals surface area (Å²) >= 11 is 0. The van der Waals surface area contributed by atoms with E-state index in [9.17, 15) is 4.39 Å². The summed E-state index contributed by atoms with van der Waals surface area (Å²) in [4.78, 5) is 0. The zero-order chi connectivity index (χ0) is 11.5. The van der Waals surface area contributed by atoms with Crippen LogP contribution < -0.4 is 5.73 Å². The van der Waals surface area contributed by atoms with Gasteiger partial charge in [-0.25, -0.2) is 4.39 Å². The van der Waals surface area contributed by atoms with E-state index in [4.69, 9.17) is 10.2 Å². The van der Waals surface area contributed by atoms with Crippen LogP contribution in [0.15, 0.2) is 40.8 Å². The smallest absolute Gasteiger partial charge is 0.125 e. The molecule has 16 heavy (non-hydrogen) atoms. The summed E-state index contributed by atoms with van der Waals surface area (Å²) < 4.78 is 18.3. The molecule has 2 nitrogen and oxygen atoms in total. The highest BCUT2D eigenvalue weighted by molar-refractivity contribution is 5.27. The predicted octanol–water partition coefficient (Wildman–Crippen LogP) is 3.03. The molecular formula is C13H14FNO. The van der Waals surface area contributed by atoms with E-state index in [2.05, 4.69) is 0 Å². The fraction of sp³-hybridized carbons (Fsp3) is 0.231. The van der Waals surface area contributed by atoms with E-state index in [1.165, 1.54) is 12.1 Å². The first-order chi connectivity index (χ1) is 7.70. The van der Waals surface area contributed by atoms with Crippen molar-refractivity contribution in [2.45, 2.75) is 19.4 Å². The maximum Gasteiger partial charge on any atom is 0.125 e. The number of benzene rings is 1. The average Bonchev–Trinajstić information content (AvgIpc) is 2.77. The lowest BCUT2D eigenvalue weighted by molar-refractivity contribution is 0.453. The first-order valence-electron chi connectivity index (χ1n) is 5.30. The number of hydrogen-bond donors (Lipinski definition) is 1. The SMILES string of the molecule is CCc1ccc(C(N)c2ccc(F)cc2)o1. The van der Waals surface area contributed by atoms with Gasteiger partial charge in [-0.15, -0.1) is 0 Å². The van der Waals surface area contributed by atoms with Gasteiger partial charge in [-0.1, -0.05) is 19.1 Å². The molecule has 0 bridgehead atoms. The fourth-order valence-electron chi connectivity index (χ4n) is 1.59. The van der Waals surface area contributed by atoms with Crippen molar-refractivity contribution in [3.63, 3.8) is 0 Å². The van der Waals surface area contributed by atoms with Gasteiger partial charge in [0.2, 0.25) is 0 Å². The minimum absolute atomic E-state index is 0.260. The van der Waals surface area contributed by atoms with E-state index in [-0.39, 0.29) is 11.9 Å². The lowest BCUT2D eigenvalue weighted by Gasteiger charge is -2.08. The van der Waals surface area contributed by atoms with E-state index in [1.807, 2.05) is 19.1 Å². The summed E-state index contributed by atoms with van der Waals surface area (Å²) in [5.74, 6) is 1.36. The lowest BCUT2D eigenvalue weighted by atomic mass is 10.1. The first-order valence-corrected chi connectivity index (χ1v) is 5.30. The molecule has 0 aliphatic rings. The van der Waals surface area contributed by atoms with Crippen molar-refractivity contribution >= 4 is 0 Å². The maximum absolute atomic E-state index is 12.7. The highest BCUT2D eigenvalue weighted by Gasteiger charge is 2.12. The number of aryl methyl sites for hydroxylation is 1. The molecule has 2 aromatic rings. The van der Waals surface area contributed by atoms with Crippen LogP contribution in [0.3, 0.4) is 0 Å². The third kappa shape index (κ3) is 2.14. The molecule has 0 aliphatic carbocycles. The maximum atomic E-state index is 12.7. The van der Waals surface area contributed by atoms with Crippen LogP contribution in [0.5, 0.6) is 0 Å². The largest absolute Gasteiger partial charge is 0.464 e. The van der Waals surface area contributed by atoms with Gasteiger partial charge in [-0.2, -0.15) is 0 Å². The summed E-state index contributed by atoms with van der Waals surface area (Å²) in [7, 11) is 0. The molecular weight excluding hydrogens is 205 g/mol. The van der Waals surface area contributed by atoms with E-state index in [0.29, 0.717) is 5.76 Å². The topological polar surface area (TPSA) is 39.2 Å². The van der Waals surface area contributed by atoms with Crippen molar-refractivity contribution < 1.29 is 8.81 Å². The Morgan fingerprint density at radius 3 is 2.44 bits per heavy atom. The molecule has 1 heterocycles. The van der Waals surface area contributed by atoms with Crippen LogP contribution in [0, 0.1) is 5.82 Å². The monoisotopic (exact) mass is 219 g/mol. The molecule has 0 amide bonds. The fourth-order valence-corrected chi connectivity index (χ4v) is 1.59. The molecule has 0 aliphatic heterocycles. The van der Waals surface area contributed by atoms with E-state index in [1.54, 1.807) is 12.1 Å². The third-order valence-corrected chi connectivity index (χ3v) is 2.57. The molecule has 2 rings (SSSR count). The van der Waals surface area contributed by atoms with Gasteiger partial charge in [0.05, 0.1) is 6.04 Å². The van der Waals surface area contributed by atoms with Gasteiger partial charge in [0.1, 0.15) is 17.3 Å². The number of nitrogens with two attached hydrogens (primary N) is 1. The average molecular weight is 219 g/mol. The van der Waals surface area contributed by atoms with Crippen LogP contribution in [0.2, 0.25) is 0 Å². The molecule has 1 unspecified atom stereocenters. The Morgan fingerprint density at radius 1 is 1.19 bits per heavy atom. The molecule has 0 saturated heterocycles. The van der Waals surface area contributed by atoms with Gasteiger partial charge in [0.15, 0.2) is 0 Å². The van der Waals surface area contributed by atoms with Crippen molar-refractivity contribution in [1.29, 1.82) is 0 Å². The van der Waals surface area contributed by atoms with Crippen LogP contribution in [-0.4, -0.2) is 0 Å². The number of hydrogen-bond acceptors (Lipinski definition) is 2. The predicted molar refractivity (Wildman–Crippen MR) is 60.5 cm³/mol. The van der Waals surface area contributed by atoms with Gasteiger partial charge in [-0.3, -0.25) is 0 Å². The summed E-state index contributed by atoms with van der Waals surface area (Å²) in [6.07, 6.45) is 0.843. The van der Waals surface area contributed by atoms with Gasteiger partial charge < -0.3 is 10.2 Å². The molecule has 0 spiro atoms. The van der Waals surface area contributed by atoms with Gasteiger partial charge >= 0.3 is 0 Å². The van der Waals surface area contributed by atoms with E-state index < -0.39 is 0 Å². The van der Waals surface area contributed by atoms with Crippen molar-refractivity contribution in [2.75, 3.05) is 0 Å². The molecule has 0 saturated carbocycles. The zero-order valence-corrected chi connectivity index (χ0v) is 9.11. The Balaban J connectivity index is 2.24. The Kier molecular flexibility index (Phi) is 3.06. The normalized spacial score (nSPS) is 12.7. The standard InChI is InChI=1S/C13H14FNO/c1-2-11-7-8-12(16-11)13(15)9-3-5-10(14)6-4-9/h3-8,13H,2,15H2,1H3. The first kappa shape index (κ1) is 10.9. The Bertz CT molecular complexity index is 461. The quantitative estimate of drug-likeness (QED) is 0.861. The lowest BCUT2D eigenvalue weighted by Crippen LogP contribution is -2.10. The third-order valence-electron chi connectivity index (χ3n) is 2.57. The molecule has 84 valence electrons. The Labute approximate surface area is 93.9 Å². The zero-order valence-electron chi connectivity index (χ0n) is 9.11. The number of furan rings is 1. The van der Waals surface area contributed by atoms with Crippen LogP contribution >= 0.6 is 0 Å². The Hall–Kier alpha value is -1.61. The second-order valence-corrected chi connectivity index (χ2v) is 3.69. The van der Waals surface area contributed by atoms with Gasteiger partial charge in [0.25, 0.3) is 0 Å². The number of halogens is 1. The number of rotatable bonds is 3. The second-order valence-electron chi connectivity index (χ2n) is 3.69. The summed E-state index contributed by atoms with van der Waals surface area (Å²) in [6.45, 7) is 2.02. The van der Waals surface area contributed by atoms with Crippen molar-refractivity contribution in [1.82, 2.24) is 0 Å². The molecule has 1 aromatic carbocycles. The van der Waals surface area contributed by atoms with Crippen molar-refractivity contribution in [2.24, 2.45) is 5.73 Å². The van der Waals surface area contributed by atoms with Crippen molar-refractivity contribution in [3.8, 4) is 0 Å². The van der Waals surface area contributed by atoms with Crippen LogP contribution in [0.1, 0.15) is 30.0 Å². The van der Waals surface area contributed by atoms with Crippen LogP contribution in [0.25, 0.3) is 0 Å². The molecule has 1 aromatic heterocycles. The van der Waals surface area contributed by atoms with Gasteiger partial charge in [-0.05, 0) is 29.8 Å². The highest BCUT2D eigenvalue weighted by Crippen LogP contribution is 2.22. The highest BCUT2D eigenvalue weighted by atomic mass is 19.1. The molecule has 2 N–H and O–H groups in total. The summed E-state index contributed by atoms with van der Waals surface area (Å²) in [5.41, 5.74) is 6.86. The summed E-state index contributed by atoms with van der Waals surface area (Å²) in [6, 6.07) is 9.60. The summed E-state index contributed by atoms with van der Waals surface area (Å²) in [5, 5.41) is 0. The second kappa shape index (κ2) is 4.49. The van der Waals surface area contributed by atoms with E-state index >= 15 is 0 Å². The minimum Gasteiger partial charge on any atom is -0.464 e. The minimum atomic E-state index is -0.333. The molecule has 0 fully saturated rings. The molecule has 1 atom stereocenters. The van der Waals surface area contributed by atoms with Crippen LogP contribution in [-0.2, 0) is 6.42 Å². The van der Waals surface area contributed by atoms with Gasteiger partial charge in [0, 0.05) is 6.42 Å².